The second kappa shape index (κ2) is 9.57. The summed E-state index contributed by atoms with van der Waals surface area (Å²) in [7, 11) is 0. The van der Waals surface area contributed by atoms with E-state index >= 15 is 0 Å². The van der Waals surface area contributed by atoms with Crippen molar-refractivity contribution in [1.82, 2.24) is 10.9 Å². The van der Waals surface area contributed by atoms with E-state index in [9.17, 15) is 14.4 Å². The number of hydrogen-bond donors (Lipinski definition) is 2. The normalized spacial score (nSPS) is 9.92. The molecule has 0 heterocycles. The van der Waals surface area contributed by atoms with E-state index in [0.29, 0.717) is 28.0 Å². The second-order valence-electron chi connectivity index (χ2n) is 5.02. The highest BCUT2D eigenvalue weighted by molar-refractivity contribution is 9.10. The minimum absolute atomic E-state index is 0.294. The Hall–Kier alpha value is -2.87. The van der Waals surface area contributed by atoms with Crippen LogP contribution in [0.2, 0.25) is 0 Å². The third-order valence-electron chi connectivity index (χ3n) is 3.17. The SMILES string of the molecule is CCOC(=O)c1ccc(OCC(=O)NNC(=O)c2ccccc2Br)cc1. The number of esters is 1. The summed E-state index contributed by atoms with van der Waals surface area (Å²) in [5, 5.41) is 0. The lowest BCUT2D eigenvalue weighted by Crippen LogP contribution is -2.43. The summed E-state index contributed by atoms with van der Waals surface area (Å²) >= 11 is 3.26. The Balaban J connectivity index is 1.79. The lowest BCUT2D eigenvalue weighted by molar-refractivity contribution is -0.123. The van der Waals surface area contributed by atoms with Crippen LogP contribution >= 0.6 is 15.9 Å². The maximum Gasteiger partial charge on any atom is 0.338 e. The lowest BCUT2D eigenvalue weighted by atomic mass is 10.2. The van der Waals surface area contributed by atoms with Gasteiger partial charge in [0.2, 0.25) is 0 Å². The van der Waals surface area contributed by atoms with Crippen LogP contribution in [0.3, 0.4) is 0 Å². The molecule has 0 unspecified atom stereocenters. The van der Waals surface area contributed by atoms with E-state index in [0.717, 1.165) is 0 Å². The van der Waals surface area contributed by atoms with Crippen LogP contribution in [0.15, 0.2) is 53.0 Å². The summed E-state index contributed by atoms with van der Waals surface area (Å²) in [5.41, 5.74) is 5.36. The van der Waals surface area contributed by atoms with E-state index in [2.05, 4.69) is 26.8 Å². The largest absolute Gasteiger partial charge is 0.484 e. The molecule has 0 aromatic heterocycles. The Kier molecular flexibility index (Phi) is 7.16. The first-order chi connectivity index (χ1) is 12.5. The third kappa shape index (κ3) is 5.59. The molecule has 0 spiro atoms. The minimum atomic E-state index is -0.528. The van der Waals surface area contributed by atoms with E-state index in [1.165, 1.54) is 0 Å². The zero-order chi connectivity index (χ0) is 18.9. The first kappa shape index (κ1) is 19.5. The summed E-state index contributed by atoms with van der Waals surface area (Å²) in [6.07, 6.45) is 0. The fourth-order valence-corrected chi connectivity index (χ4v) is 2.39. The van der Waals surface area contributed by atoms with Crippen LogP contribution in [-0.4, -0.2) is 31.0 Å². The summed E-state index contributed by atoms with van der Waals surface area (Å²) < 4.78 is 10.8. The van der Waals surface area contributed by atoms with Crippen molar-refractivity contribution in [1.29, 1.82) is 0 Å². The van der Waals surface area contributed by atoms with Crippen molar-refractivity contribution in [3.63, 3.8) is 0 Å². The molecule has 0 saturated carbocycles. The molecule has 26 heavy (non-hydrogen) atoms. The number of hydrogen-bond acceptors (Lipinski definition) is 5. The molecule has 0 aliphatic carbocycles. The Morgan fingerprint density at radius 3 is 2.35 bits per heavy atom. The monoisotopic (exact) mass is 420 g/mol. The van der Waals surface area contributed by atoms with Crippen LogP contribution in [-0.2, 0) is 9.53 Å². The molecule has 0 radical (unpaired) electrons. The van der Waals surface area contributed by atoms with E-state index in [4.69, 9.17) is 9.47 Å². The molecule has 0 aliphatic rings. The van der Waals surface area contributed by atoms with Gasteiger partial charge in [-0.15, -0.1) is 0 Å². The van der Waals surface area contributed by atoms with Gasteiger partial charge in [-0.2, -0.15) is 0 Å². The first-order valence-electron chi connectivity index (χ1n) is 7.75. The van der Waals surface area contributed by atoms with Crippen molar-refractivity contribution in [2.45, 2.75) is 6.92 Å². The number of ether oxygens (including phenoxy) is 2. The average molecular weight is 421 g/mol. The zero-order valence-corrected chi connectivity index (χ0v) is 15.5. The highest BCUT2D eigenvalue weighted by Gasteiger charge is 2.11. The Labute approximate surface area is 158 Å². The highest BCUT2D eigenvalue weighted by atomic mass is 79.9. The molecule has 0 fully saturated rings. The summed E-state index contributed by atoms with van der Waals surface area (Å²) in [4.78, 5) is 35.3. The summed E-state index contributed by atoms with van der Waals surface area (Å²) in [6.45, 7) is 1.72. The molecule has 0 saturated heterocycles. The predicted octanol–water partition coefficient (Wildman–Crippen LogP) is 2.47. The number of hydrazine groups is 1. The van der Waals surface area contributed by atoms with Gasteiger partial charge >= 0.3 is 5.97 Å². The molecule has 2 aromatic carbocycles. The number of nitrogens with one attached hydrogen (secondary N) is 2. The van der Waals surface area contributed by atoms with Crippen molar-refractivity contribution < 1.29 is 23.9 Å². The topological polar surface area (TPSA) is 93.7 Å². The predicted molar refractivity (Wildman–Crippen MR) is 97.6 cm³/mol. The highest BCUT2D eigenvalue weighted by Crippen LogP contribution is 2.15. The Morgan fingerprint density at radius 2 is 1.69 bits per heavy atom. The van der Waals surface area contributed by atoms with Gasteiger partial charge in [0.05, 0.1) is 17.7 Å². The van der Waals surface area contributed by atoms with Gasteiger partial charge in [0.25, 0.3) is 11.8 Å². The van der Waals surface area contributed by atoms with Gasteiger partial charge in [0, 0.05) is 4.47 Å². The van der Waals surface area contributed by atoms with Crippen LogP contribution in [0.5, 0.6) is 5.75 Å². The van der Waals surface area contributed by atoms with Gasteiger partial charge in [-0.05, 0) is 59.3 Å². The fraction of sp³-hybridized carbons (Fsp3) is 0.167. The molecule has 2 aromatic rings. The molecule has 0 atom stereocenters. The Bertz CT molecular complexity index is 792. The van der Waals surface area contributed by atoms with Crippen LogP contribution < -0.4 is 15.6 Å². The van der Waals surface area contributed by atoms with E-state index < -0.39 is 17.8 Å². The van der Waals surface area contributed by atoms with Crippen LogP contribution in [0.4, 0.5) is 0 Å². The smallest absolute Gasteiger partial charge is 0.338 e. The lowest BCUT2D eigenvalue weighted by Gasteiger charge is -2.10. The molecular weight excluding hydrogens is 404 g/mol. The minimum Gasteiger partial charge on any atom is -0.484 e. The van der Waals surface area contributed by atoms with Gasteiger partial charge < -0.3 is 9.47 Å². The molecular formula is C18H17BrN2O5. The number of halogens is 1. The molecule has 2 amide bonds. The molecule has 7 nitrogen and oxygen atoms in total. The number of rotatable bonds is 6. The second-order valence-corrected chi connectivity index (χ2v) is 5.87. The van der Waals surface area contributed by atoms with Gasteiger partial charge in [0.1, 0.15) is 5.75 Å². The summed E-state index contributed by atoms with van der Waals surface area (Å²) in [5.74, 6) is -0.999. The maximum absolute atomic E-state index is 12.0. The van der Waals surface area contributed by atoms with Crippen molar-refractivity contribution in [3.8, 4) is 5.75 Å². The van der Waals surface area contributed by atoms with E-state index in [1.807, 2.05) is 0 Å². The molecule has 0 aliphatic heterocycles. The van der Waals surface area contributed by atoms with E-state index in [1.54, 1.807) is 55.5 Å². The maximum atomic E-state index is 12.0. The van der Waals surface area contributed by atoms with Gasteiger partial charge in [-0.3, -0.25) is 20.4 Å². The number of carbonyl (C=O) groups is 3. The van der Waals surface area contributed by atoms with Crippen molar-refractivity contribution >= 4 is 33.7 Å². The van der Waals surface area contributed by atoms with Crippen molar-refractivity contribution in [2.24, 2.45) is 0 Å². The average Bonchev–Trinajstić information content (AvgIpc) is 2.65. The van der Waals surface area contributed by atoms with Crippen LogP contribution in [0, 0.1) is 0 Å². The van der Waals surface area contributed by atoms with Crippen molar-refractivity contribution in [2.75, 3.05) is 13.2 Å². The van der Waals surface area contributed by atoms with Gasteiger partial charge in [-0.25, -0.2) is 4.79 Å². The molecule has 2 N–H and O–H groups in total. The van der Waals surface area contributed by atoms with E-state index in [-0.39, 0.29) is 6.61 Å². The zero-order valence-electron chi connectivity index (χ0n) is 14.0. The van der Waals surface area contributed by atoms with Crippen LogP contribution in [0.1, 0.15) is 27.6 Å². The standard InChI is InChI=1S/C18H17BrN2O5/c1-2-25-18(24)12-7-9-13(10-8-12)26-11-16(22)20-21-17(23)14-5-3-4-6-15(14)19/h3-10H,2,11H2,1H3,(H,20,22)(H,21,23). The first-order valence-corrected chi connectivity index (χ1v) is 8.54. The summed E-state index contributed by atoms with van der Waals surface area (Å²) in [6, 6.07) is 13.0. The van der Waals surface area contributed by atoms with Gasteiger partial charge in [0.15, 0.2) is 6.61 Å². The number of carbonyl (C=O) groups excluding carboxylic acids is 3. The Morgan fingerprint density at radius 1 is 1.00 bits per heavy atom. The third-order valence-corrected chi connectivity index (χ3v) is 3.86. The molecule has 0 bridgehead atoms. The number of benzene rings is 2. The van der Waals surface area contributed by atoms with Gasteiger partial charge in [-0.1, -0.05) is 12.1 Å². The number of amides is 2. The quantitative estimate of drug-likeness (QED) is 0.552. The molecule has 2 rings (SSSR count). The fourth-order valence-electron chi connectivity index (χ4n) is 1.93. The van der Waals surface area contributed by atoms with Crippen LogP contribution in [0.25, 0.3) is 0 Å². The molecule has 136 valence electrons. The van der Waals surface area contributed by atoms with Crippen molar-refractivity contribution in [3.05, 3.63) is 64.1 Å². The molecule has 8 heteroatoms.